The molecule has 3 aromatic rings. The number of piperazine rings is 1. The van der Waals surface area contributed by atoms with Crippen molar-refractivity contribution < 1.29 is 0 Å². The molecule has 7 heteroatoms. The van der Waals surface area contributed by atoms with Crippen LogP contribution in [0.3, 0.4) is 0 Å². The molecule has 0 N–H and O–H groups in total. The molecule has 1 fully saturated rings. The Morgan fingerprint density at radius 2 is 1.64 bits per heavy atom. The van der Waals surface area contributed by atoms with Gasteiger partial charge in [-0.3, -0.25) is 13.9 Å². The summed E-state index contributed by atoms with van der Waals surface area (Å²) in [4.78, 5) is 31.0. The minimum absolute atomic E-state index is 0.215. The maximum absolute atomic E-state index is 13.5. The van der Waals surface area contributed by atoms with Crippen LogP contribution in [-0.4, -0.2) is 47.3 Å². The summed E-state index contributed by atoms with van der Waals surface area (Å²) in [5.41, 5.74) is 2.06. The summed E-state index contributed by atoms with van der Waals surface area (Å²) in [5.74, 6) is 0. The zero-order valence-corrected chi connectivity index (χ0v) is 18.2. The molecule has 0 atom stereocenters. The third-order valence-corrected chi connectivity index (χ3v) is 6.05. The van der Waals surface area contributed by atoms with Gasteiger partial charge in [-0.2, -0.15) is 0 Å². The van der Waals surface area contributed by atoms with Crippen molar-refractivity contribution in [2.75, 3.05) is 38.1 Å². The third-order valence-electron chi connectivity index (χ3n) is 5.43. The highest BCUT2D eigenvalue weighted by molar-refractivity contribution is 14.1. The summed E-state index contributed by atoms with van der Waals surface area (Å²) in [7, 11) is 3.86. The van der Waals surface area contributed by atoms with Crippen LogP contribution in [0.2, 0.25) is 0 Å². The first kappa shape index (κ1) is 19.2. The Balaban J connectivity index is 1.93. The number of nitrogens with zero attached hydrogens (tertiary/aromatic N) is 4. The van der Waals surface area contributed by atoms with Crippen molar-refractivity contribution >= 4 is 39.2 Å². The topological polar surface area (TPSA) is 50.5 Å². The molecule has 0 radical (unpaired) electrons. The van der Waals surface area contributed by atoms with Gasteiger partial charge in [-0.1, -0.05) is 30.3 Å². The number of likely N-dealkylation sites (N-methyl/N-ethyl adjacent to an activating group) is 1. The zero-order chi connectivity index (χ0) is 19.8. The Morgan fingerprint density at radius 3 is 2.32 bits per heavy atom. The molecule has 0 amide bonds. The molecule has 6 nitrogen and oxygen atoms in total. The van der Waals surface area contributed by atoms with Crippen LogP contribution in [0.1, 0.15) is 5.56 Å². The molecular weight excluding hydrogens is 467 g/mol. The second-order valence-corrected chi connectivity index (χ2v) is 8.57. The minimum Gasteiger partial charge on any atom is -0.368 e. The molecule has 0 saturated carbocycles. The highest BCUT2D eigenvalue weighted by Crippen LogP contribution is 2.27. The third kappa shape index (κ3) is 3.48. The smallest absolute Gasteiger partial charge is 0.331 e. The van der Waals surface area contributed by atoms with Crippen LogP contribution in [0.4, 0.5) is 5.69 Å². The van der Waals surface area contributed by atoms with Gasteiger partial charge in [0.1, 0.15) is 0 Å². The average molecular weight is 490 g/mol. The van der Waals surface area contributed by atoms with Crippen molar-refractivity contribution in [1.82, 2.24) is 14.0 Å². The first-order chi connectivity index (χ1) is 13.5. The normalized spacial score (nSPS) is 15.3. The van der Waals surface area contributed by atoms with E-state index in [4.69, 9.17) is 0 Å². The van der Waals surface area contributed by atoms with Crippen LogP contribution in [0.5, 0.6) is 0 Å². The summed E-state index contributed by atoms with van der Waals surface area (Å²) in [5, 5.41) is 0.628. The molecule has 1 saturated heterocycles. The molecule has 0 unspecified atom stereocenters. The molecule has 146 valence electrons. The Hall–Kier alpha value is -2.13. The molecule has 28 heavy (non-hydrogen) atoms. The van der Waals surface area contributed by atoms with E-state index in [0.717, 1.165) is 41.0 Å². The summed E-state index contributed by atoms with van der Waals surface area (Å²) >= 11 is 2.26. The molecule has 0 spiro atoms. The molecule has 1 aromatic heterocycles. The van der Waals surface area contributed by atoms with Crippen molar-refractivity contribution in [2.24, 2.45) is 7.05 Å². The van der Waals surface area contributed by atoms with Crippen LogP contribution in [0.15, 0.2) is 52.1 Å². The molecule has 0 aliphatic carbocycles. The number of benzene rings is 2. The summed E-state index contributed by atoms with van der Waals surface area (Å²) in [6.45, 7) is 3.92. The van der Waals surface area contributed by atoms with E-state index < -0.39 is 0 Å². The quantitative estimate of drug-likeness (QED) is 0.528. The van der Waals surface area contributed by atoms with Crippen LogP contribution in [0, 0.1) is 3.57 Å². The molecular formula is C21H23IN4O2. The molecule has 1 aliphatic heterocycles. The van der Waals surface area contributed by atoms with E-state index in [2.05, 4.69) is 45.5 Å². The fourth-order valence-electron chi connectivity index (χ4n) is 3.77. The average Bonchev–Trinajstić information content (AvgIpc) is 2.70. The van der Waals surface area contributed by atoms with Crippen LogP contribution < -0.4 is 16.1 Å². The number of anilines is 1. The Morgan fingerprint density at radius 1 is 0.964 bits per heavy atom. The van der Waals surface area contributed by atoms with Gasteiger partial charge in [0.05, 0.1) is 23.1 Å². The van der Waals surface area contributed by atoms with E-state index in [0.29, 0.717) is 10.9 Å². The van der Waals surface area contributed by atoms with E-state index in [1.54, 1.807) is 11.6 Å². The lowest BCUT2D eigenvalue weighted by Crippen LogP contribution is -2.45. The molecule has 4 rings (SSSR count). The van der Waals surface area contributed by atoms with Gasteiger partial charge in [-0.15, -0.1) is 0 Å². The Kier molecular flexibility index (Phi) is 5.29. The van der Waals surface area contributed by atoms with Gasteiger partial charge in [0.2, 0.25) is 0 Å². The van der Waals surface area contributed by atoms with Gasteiger partial charge in [0.25, 0.3) is 5.56 Å². The maximum Gasteiger partial charge on any atom is 0.331 e. The van der Waals surface area contributed by atoms with Crippen molar-refractivity contribution in [3.63, 3.8) is 0 Å². The number of aryl methyl sites for hydroxylation is 1. The summed E-state index contributed by atoms with van der Waals surface area (Å²) < 4.78 is 3.97. The molecule has 1 aliphatic rings. The second kappa shape index (κ2) is 7.71. The van der Waals surface area contributed by atoms with E-state index in [9.17, 15) is 9.59 Å². The molecule has 2 aromatic carbocycles. The van der Waals surface area contributed by atoms with Crippen LogP contribution in [-0.2, 0) is 13.6 Å². The van der Waals surface area contributed by atoms with E-state index in [1.807, 2.05) is 36.4 Å². The number of hydrogen-bond donors (Lipinski definition) is 0. The number of rotatable bonds is 3. The monoisotopic (exact) mass is 490 g/mol. The zero-order valence-electron chi connectivity index (χ0n) is 16.1. The standard InChI is InChI=1S/C21H23IN4O2/c1-23-8-10-25(11-9-23)18-13-16(22)12-17-19(18)20(27)26(21(28)24(17)2)14-15-6-4-3-5-7-15/h3-7,12-13H,8-11,14H2,1-2H3. The maximum atomic E-state index is 13.5. The van der Waals surface area contributed by atoms with Gasteiger partial charge in [0.15, 0.2) is 0 Å². The van der Waals surface area contributed by atoms with Gasteiger partial charge >= 0.3 is 5.69 Å². The highest BCUT2D eigenvalue weighted by atomic mass is 127. The summed E-state index contributed by atoms with van der Waals surface area (Å²) in [6, 6.07) is 13.6. The van der Waals surface area contributed by atoms with Crippen molar-refractivity contribution in [3.05, 3.63) is 72.4 Å². The largest absolute Gasteiger partial charge is 0.368 e. The van der Waals surface area contributed by atoms with Crippen LogP contribution in [0.25, 0.3) is 10.9 Å². The predicted molar refractivity (Wildman–Crippen MR) is 121 cm³/mol. The lowest BCUT2D eigenvalue weighted by molar-refractivity contribution is 0.313. The fourth-order valence-corrected chi connectivity index (χ4v) is 4.36. The van der Waals surface area contributed by atoms with E-state index in [-0.39, 0.29) is 17.8 Å². The SMILES string of the molecule is CN1CCN(c2cc(I)cc3c2c(=O)n(Cc2ccccc2)c(=O)n3C)CC1. The lowest BCUT2D eigenvalue weighted by atomic mass is 10.1. The van der Waals surface area contributed by atoms with Gasteiger partial charge < -0.3 is 9.80 Å². The van der Waals surface area contributed by atoms with Gasteiger partial charge in [-0.05, 0) is 47.3 Å². The van der Waals surface area contributed by atoms with E-state index in [1.165, 1.54) is 4.57 Å². The minimum atomic E-state index is -0.285. The van der Waals surface area contributed by atoms with Crippen LogP contribution >= 0.6 is 22.6 Å². The molecule has 0 bridgehead atoms. The van der Waals surface area contributed by atoms with Gasteiger partial charge in [-0.25, -0.2) is 4.79 Å². The number of fused-ring (bicyclic) bond motifs is 1. The number of aromatic nitrogens is 2. The number of hydrogen-bond acceptors (Lipinski definition) is 4. The predicted octanol–water partition coefficient (Wildman–Crippen LogP) is 2.10. The van der Waals surface area contributed by atoms with Crippen molar-refractivity contribution in [2.45, 2.75) is 6.54 Å². The highest BCUT2D eigenvalue weighted by Gasteiger charge is 2.21. The fraction of sp³-hybridized carbons (Fsp3) is 0.333. The Bertz CT molecular complexity index is 1130. The summed E-state index contributed by atoms with van der Waals surface area (Å²) in [6.07, 6.45) is 0. The lowest BCUT2D eigenvalue weighted by Gasteiger charge is -2.34. The first-order valence-corrected chi connectivity index (χ1v) is 10.4. The second-order valence-electron chi connectivity index (χ2n) is 7.33. The Labute approximate surface area is 177 Å². The van der Waals surface area contributed by atoms with Crippen molar-refractivity contribution in [1.29, 1.82) is 0 Å². The number of halogens is 1. The molecule has 2 heterocycles. The first-order valence-electron chi connectivity index (χ1n) is 9.36. The van der Waals surface area contributed by atoms with Gasteiger partial charge in [0, 0.05) is 36.8 Å². The van der Waals surface area contributed by atoms with E-state index >= 15 is 0 Å². The van der Waals surface area contributed by atoms with Crippen molar-refractivity contribution in [3.8, 4) is 0 Å².